The van der Waals surface area contributed by atoms with Gasteiger partial charge in [-0.05, 0) is 43.3 Å². The van der Waals surface area contributed by atoms with Crippen LogP contribution in [0.4, 0.5) is 33.2 Å². The van der Waals surface area contributed by atoms with Gasteiger partial charge in [0.25, 0.3) is 0 Å². The molecule has 1 aromatic carbocycles. The lowest BCUT2D eigenvalue weighted by molar-refractivity contribution is -0.383. The van der Waals surface area contributed by atoms with Crippen molar-refractivity contribution in [3.8, 4) is 0 Å². The van der Waals surface area contributed by atoms with Crippen LogP contribution >= 0.6 is 0 Å². The van der Waals surface area contributed by atoms with Crippen molar-refractivity contribution < 1.29 is 9.31 Å². The van der Waals surface area contributed by atoms with Gasteiger partial charge in [0.1, 0.15) is 18.0 Å². The number of benzene rings is 1. The number of rotatable bonds is 5. The number of halogens is 1. The van der Waals surface area contributed by atoms with Crippen molar-refractivity contribution in [2.45, 2.75) is 6.92 Å². The minimum Gasteiger partial charge on any atom is -0.368 e. The van der Waals surface area contributed by atoms with Gasteiger partial charge in [-0.3, -0.25) is 10.1 Å². The zero-order chi connectivity index (χ0) is 21.1. The summed E-state index contributed by atoms with van der Waals surface area (Å²) >= 11 is 0. The molecule has 2 aromatic heterocycles. The van der Waals surface area contributed by atoms with Crippen molar-refractivity contribution in [1.29, 1.82) is 0 Å². The van der Waals surface area contributed by atoms with E-state index in [-0.39, 0.29) is 23.1 Å². The molecule has 9 nitrogen and oxygen atoms in total. The summed E-state index contributed by atoms with van der Waals surface area (Å²) in [6.45, 7) is 4.18. The molecule has 0 amide bonds. The number of pyridine rings is 1. The summed E-state index contributed by atoms with van der Waals surface area (Å²) in [6.07, 6.45) is 1.31. The van der Waals surface area contributed by atoms with E-state index in [2.05, 4.69) is 25.2 Å². The van der Waals surface area contributed by atoms with Gasteiger partial charge in [0.05, 0.1) is 4.92 Å². The molecule has 1 N–H and O–H groups in total. The van der Waals surface area contributed by atoms with Crippen LogP contribution in [0.25, 0.3) is 0 Å². The highest BCUT2D eigenvalue weighted by Crippen LogP contribution is 2.34. The molecule has 1 fully saturated rings. The Hall–Kier alpha value is -3.82. The summed E-state index contributed by atoms with van der Waals surface area (Å²) < 4.78 is 13.2. The van der Waals surface area contributed by atoms with Crippen molar-refractivity contribution in [1.82, 2.24) is 15.0 Å². The van der Waals surface area contributed by atoms with Crippen LogP contribution in [0.2, 0.25) is 0 Å². The van der Waals surface area contributed by atoms with Gasteiger partial charge in [-0.1, -0.05) is 6.07 Å². The zero-order valence-electron chi connectivity index (χ0n) is 16.3. The fourth-order valence-corrected chi connectivity index (χ4v) is 3.42. The van der Waals surface area contributed by atoms with Crippen LogP contribution in [0, 0.1) is 22.9 Å². The Morgan fingerprint density at radius 3 is 2.40 bits per heavy atom. The monoisotopic (exact) mass is 409 g/mol. The van der Waals surface area contributed by atoms with Crippen molar-refractivity contribution in [3.63, 3.8) is 0 Å². The highest BCUT2D eigenvalue weighted by Gasteiger charge is 2.29. The van der Waals surface area contributed by atoms with E-state index in [9.17, 15) is 14.5 Å². The van der Waals surface area contributed by atoms with Gasteiger partial charge < -0.3 is 15.1 Å². The SMILES string of the molecule is Cc1cccc(Nc2ncnc(N3CCN(c4ccc(F)cc4)CC3)c2[N+](=O)[O-])n1. The van der Waals surface area contributed by atoms with E-state index < -0.39 is 4.92 Å². The second-order valence-corrected chi connectivity index (χ2v) is 6.89. The van der Waals surface area contributed by atoms with E-state index in [0.717, 1.165) is 11.4 Å². The van der Waals surface area contributed by atoms with Crippen LogP contribution in [0.5, 0.6) is 0 Å². The number of nitrogens with zero attached hydrogens (tertiary/aromatic N) is 6. The van der Waals surface area contributed by atoms with Crippen molar-refractivity contribution in [2.75, 3.05) is 41.3 Å². The first-order chi connectivity index (χ1) is 14.5. The first kappa shape index (κ1) is 19.5. The van der Waals surface area contributed by atoms with Crippen molar-refractivity contribution >= 4 is 28.8 Å². The van der Waals surface area contributed by atoms with Crippen LogP contribution in [-0.2, 0) is 0 Å². The first-order valence-electron chi connectivity index (χ1n) is 9.47. The van der Waals surface area contributed by atoms with E-state index in [1.165, 1.54) is 18.5 Å². The molecule has 0 aliphatic carbocycles. The number of nitrogens with one attached hydrogen (secondary N) is 1. The van der Waals surface area contributed by atoms with E-state index in [4.69, 9.17) is 0 Å². The molecule has 0 radical (unpaired) electrons. The molecule has 30 heavy (non-hydrogen) atoms. The van der Waals surface area contributed by atoms with Crippen LogP contribution in [0.3, 0.4) is 0 Å². The molecule has 0 spiro atoms. The Bertz CT molecular complexity index is 1050. The summed E-state index contributed by atoms with van der Waals surface area (Å²) in [6, 6.07) is 11.7. The van der Waals surface area contributed by atoms with E-state index >= 15 is 0 Å². The average molecular weight is 409 g/mol. The van der Waals surface area contributed by atoms with Crippen molar-refractivity contribution in [2.24, 2.45) is 0 Å². The van der Waals surface area contributed by atoms with E-state index in [1.54, 1.807) is 18.2 Å². The Kier molecular flexibility index (Phi) is 5.38. The summed E-state index contributed by atoms with van der Waals surface area (Å²) in [5, 5.41) is 14.8. The summed E-state index contributed by atoms with van der Waals surface area (Å²) in [4.78, 5) is 28.0. The number of anilines is 4. The second-order valence-electron chi connectivity index (χ2n) is 6.89. The molecule has 0 unspecified atom stereocenters. The second kappa shape index (κ2) is 8.27. The lowest BCUT2D eigenvalue weighted by Gasteiger charge is -2.36. The maximum absolute atomic E-state index is 13.2. The number of hydrogen-bond acceptors (Lipinski definition) is 8. The van der Waals surface area contributed by atoms with Gasteiger partial charge >= 0.3 is 5.69 Å². The average Bonchev–Trinajstić information content (AvgIpc) is 2.74. The summed E-state index contributed by atoms with van der Waals surface area (Å²) in [7, 11) is 0. The molecule has 0 saturated carbocycles. The minimum absolute atomic E-state index is 0.101. The van der Waals surface area contributed by atoms with Gasteiger partial charge in [-0.25, -0.2) is 19.3 Å². The van der Waals surface area contributed by atoms with Gasteiger partial charge in [-0.2, -0.15) is 0 Å². The predicted molar refractivity (Wildman–Crippen MR) is 112 cm³/mol. The summed E-state index contributed by atoms with van der Waals surface area (Å²) in [5.41, 5.74) is 1.52. The zero-order valence-corrected chi connectivity index (χ0v) is 16.3. The molecule has 1 aliphatic heterocycles. The number of nitro groups is 1. The molecule has 154 valence electrons. The predicted octanol–water partition coefficient (Wildman–Crippen LogP) is 3.30. The molecule has 3 aromatic rings. The van der Waals surface area contributed by atoms with Gasteiger partial charge in [0.15, 0.2) is 0 Å². The molecular formula is C20H20FN7O2. The normalized spacial score (nSPS) is 13.9. The topological polar surface area (TPSA) is 100 Å². The summed E-state index contributed by atoms with van der Waals surface area (Å²) in [5.74, 6) is 0.564. The molecule has 0 atom stereocenters. The Morgan fingerprint density at radius 1 is 1.03 bits per heavy atom. The molecule has 10 heteroatoms. The molecule has 1 saturated heterocycles. The van der Waals surface area contributed by atoms with Crippen LogP contribution in [0.1, 0.15) is 5.69 Å². The van der Waals surface area contributed by atoms with E-state index in [0.29, 0.717) is 32.0 Å². The fraction of sp³-hybridized carbons (Fsp3) is 0.250. The first-order valence-corrected chi connectivity index (χ1v) is 9.47. The smallest absolute Gasteiger partial charge is 0.353 e. The highest BCUT2D eigenvalue weighted by molar-refractivity contribution is 5.73. The lowest BCUT2D eigenvalue weighted by atomic mass is 10.2. The molecular weight excluding hydrogens is 389 g/mol. The number of hydrogen-bond donors (Lipinski definition) is 1. The molecule has 3 heterocycles. The molecule has 0 bridgehead atoms. The van der Waals surface area contributed by atoms with E-state index in [1.807, 2.05) is 24.0 Å². The van der Waals surface area contributed by atoms with Gasteiger partial charge in [-0.15, -0.1) is 0 Å². The van der Waals surface area contributed by atoms with Crippen LogP contribution < -0.4 is 15.1 Å². The van der Waals surface area contributed by atoms with Crippen molar-refractivity contribution in [3.05, 3.63) is 70.4 Å². The van der Waals surface area contributed by atoms with Gasteiger partial charge in [0, 0.05) is 37.6 Å². The van der Waals surface area contributed by atoms with Gasteiger partial charge in [0.2, 0.25) is 11.6 Å². The Balaban J connectivity index is 1.55. The van der Waals surface area contributed by atoms with Crippen LogP contribution in [0.15, 0.2) is 48.8 Å². The maximum atomic E-state index is 13.2. The maximum Gasteiger partial charge on any atom is 0.353 e. The molecule has 4 rings (SSSR count). The number of aromatic nitrogens is 3. The third kappa shape index (κ3) is 4.12. The third-order valence-electron chi connectivity index (χ3n) is 4.89. The number of aryl methyl sites for hydroxylation is 1. The largest absolute Gasteiger partial charge is 0.368 e. The standard InChI is InChI=1S/C20H20FN7O2/c1-14-3-2-4-17(24-14)25-19-18(28(29)30)20(23-13-22-19)27-11-9-26(10-12-27)16-7-5-15(21)6-8-16/h2-8,13H,9-12H2,1H3,(H,22,23,24,25). The minimum atomic E-state index is -0.472. The Labute approximate surface area is 172 Å². The third-order valence-corrected chi connectivity index (χ3v) is 4.89. The van der Waals surface area contributed by atoms with Crippen LogP contribution in [-0.4, -0.2) is 46.1 Å². The fourth-order valence-electron chi connectivity index (χ4n) is 3.42. The molecule has 1 aliphatic rings. The lowest BCUT2D eigenvalue weighted by Crippen LogP contribution is -2.47. The number of piperazine rings is 1. The highest BCUT2D eigenvalue weighted by atomic mass is 19.1. The Morgan fingerprint density at radius 2 is 1.73 bits per heavy atom. The quantitative estimate of drug-likeness (QED) is 0.506.